The van der Waals surface area contributed by atoms with Gasteiger partial charge in [-0.3, -0.25) is 0 Å². The summed E-state index contributed by atoms with van der Waals surface area (Å²) >= 11 is 0. The normalized spacial score (nSPS) is 13.0. The van der Waals surface area contributed by atoms with Gasteiger partial charge in [0.2, 0.25) is 0 Å². The Morgan fingerprint density at radius 1 is 0.260 bits per heavy atom. The Morgan fingerprint density at radius 3 is 1.44 bits per heavy atom. The van der Waals surface area contributed by atoms with Crippen LogP contribution in [-0.4, -0.2) is 4.57 Å². The molecule has 0 saturated heterocycles. The molecule has 73 heavy (non-hydrogen) atoms. The third-order valence-corrected chi connectivity index (χ3v) is 16.3. The molecule has 0 aliphatic heterocycles. The van der Waals surface area contributed by atoms with Crippen LogP contribution >= 0.6 is 0 Å². The fourth-order valence-electron chi connectivity index (χ4n) is 13.4. The van der Waals surface area contributed by atoms with Crippen LogP contribution in [0.3, 0.4) is 0 Å². The summed E-state index contributed by atoms with van der Waals surface area (Å²) in [6.07, 6.45) is 0. The van der Waals surface area contributed by atoms with Gasteiger partial charge in [-0.2, -0.15) is 0 Å². The van der Waals surface area contributed by atoms with E-state index in [2.05, 4.69) is 276 Å². The summed E-state index contributed by atoms with van der Waals surface area (Å²) in [5.74, 6) is 0. The fourth-order valence-corrected chi connectivity index (χ4v) is 13.4. The Morgan fingerprint density at radius 2 is 0.781 bits per heavy atom. The Bertz CT molecular complexity index is 4540. The van der Waals surface area contributed by atoms with E-state index in [1.165, 1.54) is 121 Å². The van der Waals surface area contributed by atoms with Gasteiger partial charge in [0.05, 0.1) is 22.1 Å². The van der Waals surface area contributed by atoms with Crippen molar-refractivity contribution in [1.29, 1.82) is 0 Å². The van der Waals surface area contributed by atoms with E-state index >= 15 is 0 Å². The molecule has 2 aliphatic carbocycles. The standard InChI is InChI=1S/C71H44N2/c1-3-21-46(22-4-1)72(48-38-39-54-51-27-8-7-25-49(51)50-26-9-10-28-52(50)60(54)41-48)70-44-67-61(57-31-13-17-36-66(57)71(67)64-34-15-11-29-55(64)56-30-12-16-35-65(56)71)42-63(70)53-33-19-20-45-40-62-58-32-14-18-37-68(58)73(69(62)43-59(45)53)47-23-5-2-6-24-47/h1-44H. The SMILES string of the molecule is c1ccc(N(c2ccc3c4ccccc4c4ccccc4c3c2)c2cc3c(cc2-c2cccc4cc5c6ccccc6n(-c6ccccc6)c5cc24)-c2ccccc2C32c3ccccc3-c3ccccc32)cc1. The molecule has 1 aromatic heterocycles. The maximum atomic E-state index is 2.58. The second-order valence-corrected chi connectivity index (χ2v) is 19.9. The largest absolute Gasteiger partial charge is 0.310 e. The van der Waals surface area contributed by atoms with Crippen molar-refractivity contribution >= 4 is 82.0 Å². The van der Waals surface area contributed by atoms with Gasteiger partial charge < -0.3 is 9.47 Å². The van der Waals surface area contributed by atoms with Gasteiger partial charge in [-0.1, -0.05) is 200 Å². The average Bonchev–Trinajstić information content (AvgIpc) is 4.07. The molecular formula is C71H44N2. The van der Waals surface area contributed by atoms with E-state index in [-0.39, 0.29) is 0 Å². The zero-order chi connectivity index (χ0) is 47.8. The molecular weight excluding hydrogens is 881 g/mol. The fraction of sp³-hybridized carbons (Fsp3) is 0.0141. The van der Waals surface area contributed by atoms with Gasteiger partial charge in [0.25, 0.3) is 0 Å². The molecule has 0 saturated carbocycles. The summed E-state index contributed by atoms with van der Waals surface area (Å²) in [4.78, 5) is 2.54. The molecule has 0 unspecified atom stereocenters. The van der Waals surface area contributed by atoms with Crippen molar-refractivity contribution < 1.29 is 0 Å². The molecule has 0 bridgehead atoms. The monoisotopic (exact) mass is 924 g/mol. The molecule has 1 heterocycles. The van der Waals surface area contributed by atoms with E-state index < -0.39 is 5.41 Å². The smallest absolute Gasteiger partial charge is 0.0726 e. The van der Waals surface area contributed by atoms with Crippen molar-refractivity contribution in [2.45, 2.75) is 5.41 Å². The van der Waals surface area contributed by atoms with E-state index in [1.54, 1.807) is 0 Å². The van der Waals surface area contributed by atoms with Gasteiger partial charge >= 0.3 is 0 Å². The minimum atomic E-state index is -0.533. The second kappa shape index (κ2) is 15.3. The van der Waals surface area contributed by atoms with Crippen LogP contribution in [0.4, 0.5) is 17.1 Å². The summed E-state index contributed by atoms with van der Waals surface area (Å²) in [7, 11) is 0. The van der Waals surface area contributed by atoms with E-state index in [1.807, 2.05) is 0 Å². The van der Waals surface area contributed by atoms with Crippen molar-refractivity contribution in [2.75, 3.05) is 4.90 Å². The van der Waals surface area contributed by atoms with Crippen LogP contribution in [0.1, 0.15) is 22.3 Å². The molecule has 16 rings (SSSR count). The molecule has 13 aromatic carbocycles. The predicted octanol–water partition coefficient (Wildman–Crippen LogP) is 18.9. The van der Waals surface area contributed by atoms with Crippen LogP contribution in [0.15, 0.2) is 267 Å². The second-order valence-electron chi connectivity index (χ2n) is 19.9. The molecule has 1 spiro atoms. The van der Waals surface area contributed by atoms with E-state index in [9.17, 15) is 0 Å². The van der Waals surface area contributed by atoms with Crippen LogP contribution in [0.25, 0.3) is 104 Å². The Balaban J connectivity index is 1.05. The summed E-state index contributed by atoms with van der Waals surface area (Å²) in [6, 6.07) is 100. The summed E-state index contributed by atoms with van der Waals surface area (Å²) in [5.41, 5.74) is 19.1. The van der Waals surface area contributed by atoms with Gasteiger partial charge in [0, 0.05) is 33.4 Å². The topological polar surface area (TPSA) is 8.17 Å². The van der Waals surface area contributed by atoms with Gasteiger partial charge in [0.1, 0.15) is 0 Å². The van der Waals surface area contributed by atoms with Crippen molar-refractivity contribution in [1.82, 2.24) is 4.57 Å². The number of fused-ring (bicyclic) bond motifs is 20. The molecule has 14 aromatic rings. The quantitative estimate of drug-likeness (QED) is 0.156. The maximum absolute atomic E-state index is 2.58. The van der Waals surface area contributed by atoms with E-state index in [0.29, 0.717) is 0 Å². The number of para-hydroxylation sites is 3. The number of rotatable bonds is 5. The van der Waals surface area contributed by atoms with Crippen LogP contribution in [0.2, 0.25) is 0 Å². The molecule has 2 aliphatic rings. The number of benzene rings is 13. The lowest BCUT2D eigenvalue weighted by atomic mass is 9.70. The Hall–Kier alpha value is -9.50. The highest BCUT2D eigenvalue weighted by molar-refractivity contribution is 6.26. The molecule has 0 radical (unpaired) electrons. The molecule has 2 nitrogen and oxygen atoms in total. The summed E-state index contributed by atoms with van der Waals surface area (Å²) in [5, 5.41) is 12.4. The van der Waals surface area contributed by atoms with Crippen LogP contribution in [-0.2, 0) is 5.41 Å². The highest BCUT2D eigenvalue weighted by atomic mass is 15.1. The third-order valence-electron chi connectivity index (χ3n) is 16.3. The molecule has 2 heteroatoms. The lowest BCUT2D eigenvalue weighted by Gasteiger charge is -2.33. The first-order valence-corrected chi connectivity index (χ1v) is 25.4. The number of aromatic nitrogens is 1. The van der Waals surface area contributed by atoms with E-state index in [4.69, 9.17) is 0 Å². The van der Waals surface area contributed by atoms with Crippen LogP contribution in [0.5, 0.6) is 0 Å². The minimum absolute atomic E-state index is 0.533. The zero-order valence-corrected chi connectivity index (χ0v) is 39.8. The highest BCUT2D eigenvalue weighted by Crippen LogP contribution is 2.64. The molecule has 0 atom stereocenters. The first-order chi connectivity index (χ1) is 36.2. The lowest BCUT2D eigenvalue weighted by molar-refractivity contribution is 0.794. The molecule has 338 valence electrons. The van der Waals surface area contributed by atoms with Crippen LogP contribution < -0.4 is 4.90 Å². The zero-order valence-electron chi connectivity index (χ0n) is 39.8. The van der Waals surface area contributed by atoms with Crippen molar-refractivity contribution in [3.63, 3.8) is 0 Å². The summed E-state index contributed by atoms with van der Waals surface area (Å²) < 4.78 is 2.44. The predicted molar refractivity (Wildman–Crippen MR) is 307 cm³/mol. The van der Waals surface area contributed by atoms with Crippen LogP contribution in [0, 0.1) is 0 Å². The van der Waals surface area contributed by atoms with Gasteiger partial charge in [-0.25, -0.2) is 0 Å². The Kier molecular flexibility index (Phi) is 8.41. The molecule has 0 amide bonds. The maximum Gasteiger partial charge on any atom is 0.0726 e. The lowest BCUT2D eigenvalue weighted by Crippen LogP contribution is -2.26. The number of anilines is 3. The Labute approximate surface area is 422 Å². The van der Waals surface area contributed by atoms with Gasteiger partial charge in [-0.05, 0) is 160 Å². The molecule has 0 fully saturated rings. The average molecular weight is 925 g/mol. The number of hydrogen-bond donors (Lipinski definition) is 0. The van der Waals surface area contributed by atoms with Crippen molar-refractivity contribution in [3.8, 4) is 39.1 Å². The first-order valence-electron chi connectivity index (χ1n) is 25.4. The van der Waals surface area contributed by atoms with E-state index in [0.717, 1.165) is 22.7 Å². The third kappa shape index (κ3) is 5.52. The van der Waals surface area contributed by atoms with Gasteiger partial charge in [0.15, 0.2) is 0 Å². The highest BCUT2D eigenvalue weighted by Gasteiger charge is 2.52. The number of hydrogen-bond acceptors (Lipinski definition) is 1. The first kappa shape index (κ1) is 40.3. The summed E-state index contributed by atoms with van der Waals surface area (Å²) in [6.45, 7) is 0. The van der Waals surface area contributed by atoms with Crippen molar-refractivity contribution in [2.24, 2.45) is 0 Å². The number of nitrogens with zero attached hydrogens (tertiary/aromatic N) is 2. The van der Waals surface area contributed by atoms with Gasteiger partial charge in [-0.15, -0.1) is 0 Å². The van der Waals surface area contributed by atoms with Crippen molar-refractivity contribution in [3.05, 3.63) is 289 Å². The molecule has 0 N–H and O–H groups in total. The minimum Gasteiger partial charge on any atom is -0.310 e.